The molecule has 0 aromatic carbocycles. The predicted molar refractivity (Wildman–Crippen MR) is 99.3 cm³/mol. The summed E-state index contributed by atoms with van der Waals surface area (Å²) >= 11 is 0. The van der Waals surface area contributed by atoms with E-state index in [-0.39, 0.29) is 6.10 Å². The van der Waals surface area contributed by atoms with Crippen LogP contribution >= 0.6 is 0 Å². The largest absolute Gasteiger partial charge is 0.481 e. The van der Waals surface area contributed by atoms with E-state index in [2.05, 4.69) is 19.9 Å². The number of methoxy groups -OCH3 is 1. The Balaban J connectivity index is 1.31. The van der Waals surface area contributed by atoms with Crippen molar-refractivity contribution in [3.05, 3.63) is 30.7 Å². The number of piperidine rings is 1. The van der Waals surface area contributed by atoms with E-state index in [9.17, 15) is 0 Å². The highest BCUT2D eigenvalue weighted by molar-refractivity contribution is 5.60. The van der Waals surface area contributed by atoms with Crippen LogP contribution in [-0.4, -0.2) is 52.2 Å². The Morgan fingerprint density at radius 1 is 0.885 bits per heavy atom. The van der Waals surface area contributed by atoms with Crippen LogP contribution in [0.25, 0.3) is 11.1 Å². The number of hydrogen-bond donors (Lipinski definition) is 0. The summed E-state index contributed by atoms with van der Waals surface area (Å²) in [4.78, 5) is 15.6. The van der Waals surface area contributed by atoms with Crippen molar-refractivity contribution in [2.45, 2.75) is 50.7 Å². The topological polar surface area (TPSA) is 60.4 Å². The lowest BCUT2D eigenvalue weighted by Crippen LogP contribution is -2.43. The van der Waals surface area contributed by atoms with Crippen LogP contribution in [0.2, 0.25) is 0 Å². The van der Waals surface area contributed by atoms with Gasteiger partial charge in [-0.15, -0.1) is 0 Å². The SMILES string of the molecule is COc1ccc(-c2cnc(OC3CCN(C4CCCC4)CC3)nc2)cn1. The van der Waals surface area contributed by atoms with Crippen molar-refractivity contribution in [1.29, 1.82) is 0 Å². The third kappa shape index (κ3) is 3.96. The van der Waals surface area contributed by atoms with E-state index in [0.717, 1.165) is 43.1 Å². The van der Waals surface area contributed by atoms with Crippen LogP contribution in [0.4, 0.5) is 0 Å². The maximum Gasteiger partial charge on any atom is 0.316 e. The van der Waals surface area contributed by atoms with Crippen molar-refractivity contribution in [1.82, 2.24) is 19.9 Å². The number of nitrogens with zero attached hydrogens (tertiary/aromatic N) is 4. The molecule has 1 aliphatic heterocycles. The molecule has 0 radical (unpaired) electrons. The van der Waals surface area contributed by atoms with Crippen LogP contribution in [0, 0.1) is 0 Å². The second kappa shape index (κ2) is 7.99. The van der Waals surface area contributed by atoms with E-state index in [0.29, 0.717) is 11.9 Å². The summed E-state index contributed by atoms with van der Waals surface area (Å²) in [6.45, 7) is 2.26. The molecule has 0 amide bonds. The first-order chi connectivity index (χ1) is 12.8. The first-order valence-electron chi connectivity index (χ1n) is 9.55. The van der Waals surface area contributed by atoms with Crippen LogP contribution < -0.4 is 9.47 Å². The molecule has 1 saturated heterocycles. The quantitative estimate of drug-likeness (QED) is 0.821. The second-order valence-corrected chi connectivity index (χ2v) is 7.14. The van der Waals surface area contributed by atoms with Crippen LogP contribution in [0.3, 0.4) is 0 Å². The van der Waals surface area contributed by atoms with Gasteiger partial charge in [-0.25, -0.2) is 15.0 Å². The predicted octanol–water partition coefficient (Wildman–Crippen LogP) is 3.33. The van der Waals surface area contributed by atoms with E-state index in [1.54, 1.807) is 25.7 Å². The highest BCUT2D eigenvalue weighted by Crippen LogP contribution is 2.27. The zero-order valence-corrected chi connectivity index (χ0v) is 15.3. The summed E-state index contributed by atoms with van der Waals surface area (Å²) < 4.78 is 11.1. The summed E-state index contributed by atoms with van der Waals surface area (Å²) in [5.41, 5.74) is 1.88. The molecule has 0 spiro atoms. The first-order valence-corrected chi connectivity index (χ1v) is 9.55. The van der Waals surface area contributed by atoms with Crippen LogP contribution in [0.1, 0.15) is 38.5 Å². The fraction of sp³-hybridized carbons (Fsp3) is 0.550. The van der Waals surface area contributed by atoms with Crippen molar-refractivity contribution >= 4 is 0 Å². The molecule has 138 valence electrons. The van der Waals surface area contributed by atoms with E-state index >= 15 is 0 Å². The van der Waals surface area contributed by atoms with Gasteiger partial charge >= 0.3 is 6.01 Å². The van der Waals surface area contributed by atoms with Gasteiger partial charge in [-0.2, -0.15) is 0 Å². The standard InChI is InChI=1S/C20H26N4O2/c1-25-19-7-6-15(12-21-19)16-13-22-20(23-14-16)26-18-8-10-24(11-9-18)17-4-2-3-5-17/h6-7,12-14,17-18H,2-5,8-11H2,1H3. The Bertz CT molecular complexity index is 691. The normalized spacial score (nSPS) is 19.6. The molecule has 4 rings (SSSR count). The van der Waals surface area contributed by atoms with Gasteiger partial charge in [0.15, 0.2) is 0 Å². The minimum atomic E-state index is 0.223. The molecule has 3 heterocycles. The Labute approximate surface area is 154 Å². The molecule has 2 fully saturated rings. The lowest BCUT2D eigenvalue weighted by atomic mass is 10.0. The highest BCUT2D eigenvalue weighted by atomic mass is 16.5. The Kier molecular flexibility index (Phi) is 5.29. The molecule has 2 aromatic rings. The molecular formula is C20H26N4O2. The van der Waals surface area contributed by atoms with Gasteiger partial charge in [-0.1, -0.05) is 12.8 Å². The molecule has 0 bridgehead atoms. The molecule has 26 heavy (non-hydrogen) atoms. The van der Waals surface area contributed by atoms with Gasteiger partial charge in [0.05, 0.1) is 7.11 Å². The first kappa shape index (κ1) is 17.2. The fourth-order valence-corrected chi connectivity index (χ4v) is 3.98. The maximum atomic E-state index is 6.01. The van der Waals surface area contributed by atoms with E-state index in [1.165, 1.54) is 25.7 Å². The zero-order chi connectivity index (χ0) is 17.8. The summed E-state index contributed by atoms with van der Waals surface area (Å²) in [5, 5.41) is 0. The molecule has 6 heteroatoms. The number of aromatic nitrogens is 3. The van der Waals surface area contributed by atoms with Crippen LogP contribution in [-0.2, 0) is 0 Å². The second-order valence-electron chi connectivity index (χ2n) is 7.14. The fourth-order valence-electron chi connectivity index (χ4n) is 3.98. The summed E-state index contributed by atoms with van der Waals surface area (Å²) in [5.74, 6) is 0.596. The number of rotatable bonds is 5. The van der Waals surface area contributed by atoms with Gasteiger partial charge in [-0.05, 0) is 31.7 Å². The van der Waals surface area contributed by atoms with Gasteiger partial charge in [0.1, 0.15) is 6.10 Å². The summed E-state index contributed by atoms with van der Waals surface area (Å²) in [6.07, 6.45) is 13.2. The molecule has 0 atom stereocenters. The minimum Gasteiger partial charge on any atom is -0.481 e. The van der Waals surface area contributed by atoms with Crippen LogP contribution in [0.5, 0.6) is 11.9 Å². The van der Waals surface area contributed by atoms with Crippen molar-refractivity contribution in [2.24, 2.45) is 0 Å². The van der Waals surface area contributed by atoms with Crippen LogP contribution in [0.15, 0.2) is 30.7 Å². The molecule has 0 N–H and O–H groups in total. The molecule has 2 aromatic heterocycles. The number of likely N-dealkylation sites (tertiary alicyclic amines) is 1. The van der Waals surface area contributed by atoms with Crippen molar-refractivity contribution in [3.63, 3.8) is 0 Å². The van der Waals surface area contributed by atoms with Crippen molar-refractivity contribution < 1.29 is 9.47 Å². The smallest absolute Gasteiger partial charge is 0.316 e. The van der Waals surface area contributed by atoms with Gasteiger partial charge in [0.2, 0.25) is 5.88 Å². The number of hydrogen-bond acceptors (Lipinski definition) is 6. The Hall–Kier alpha value is -2.21. The van der Waals surface area contributed by atoms with E-state index < -0.39 is 0 Å². The molecule has 0 unspecified atom stereocenters. The van der Waals surface area contributed by atoms with Gasteiger partial charge in [0, 0.05) is 54.9 Å². The molecule has 6 nitrogen and oxygen atoms in total. The minimum absolute atomic E-state index is 0.223. The Morgan fingerprint density at radius 2 is 1.58 bits per heavy atom. The lowest BCUT2D eigenvalue weighted by molar-refractivity contribution is 0.0710. The lowest BCUT2D eigenvalue weighted by Gasteiger charge is -2.35. The third-order valence-corrected chi connectivity index (χ3v) is 5.50. The van der Waals surface area contributed by atoms with Crippen molar-refractivity contribution in [2.75, 3.05) is 20.2 Å². The zero-order valence-electron chi connectivity index (χ0n) is 15.3. The third-order valence-electron chi connectivity index (χ3n) is 5.50. The number of ether oxygens (including phenoxy) is 2. The monoisotopic (exact) mass is 354 g/mol. The maximum absolute atomic E-state index is 6.01. The van der Waals surface area contributed by atoms with E-state index in [4.69, 9.17) is 9.47 Å². The van der Waals surface area contributed by atoms with Gasteiger partial charge in [-0.3, -0.25) is 0 Å². The number of pyridine rings is 1. The summed E-state index contributed by atoms with van der Waals surface area (Å²) in [7, 11) is 1.61. The molecule has 1 saturated carbocycles. The van der Waals surface area contributed by atoms with Gasteiger partial charge < -0.3 is 14.4 Å². The Morgan fingerprint density at radius 3 is 2.19 bits per heavy atom. The van der Waals surface area contributed by atoms with Gasteiger partial charge in [0.25, 0.3) is 0 Å². The highest BCUT2D eigenvalue weighted by Gasteiger charge is 2.28. The average molecular weight is 354 g/mol. The molecule has 2 aliphatic rings. The molecular weight excluding hydrogens is 328 g/mol. The van der Waals surface area contributed by atoms with E-state index in [1.807, 2.05) is 12.1 Å². The van der Waals surface area contributed by atoms with Crippen molar-refractivity contribution in [3.8, 4) is 23.0 Å². The average Bonchev–Trinajstić information content (AvgIpc) is 3.24. The summed E-state index contributed by atoms with van der Waals surface area (Å²) in [6, 6.07) is 5.06. The molecule has 1 aliphatic carbocycles.